The van der Waals surface area contributed by atoms with Crippen molar-refractivity contribution < 1.29 is 9.53 Å². The van der Waals surface area contributed by atoms with Crippen LogP contribution < -0.4 is 4.74 Å². The molecule has 1 aromatic carbocycles. The predicted octanol–water partition coefficient (Wildman–Crippen LogP) is 3.65. The number of ether oxygens (including phenoxy) is 1. The minimum absolute atomic E-state index is 0.0886. The number of benzene rings is 1. The molecule has 1 atom stereocenters. The van der Waals surface area contributed by atoms with E-state index in [0.717, 1.165) is 22.4 Å². The van der Waals surface area contributed by atoms with E-state index in [1.807, 2.05) is 26.0 Å². The van der Waals surface area contributed by atoms with Gasteiger partial charge in [-0.05, 0) is 37.1 Å². The summed E-state index contributed by atoms with van der Waals surface area (Å²) in [5.74, 6) is 0.937. The maximum absolute atomic E-state index is 12.0. The Morgan fingerprint density at radius 1 is 1.38 bits per heavy atom. The van der Waals surface area contributed by atoms with Gasteiger partial charge in [-0.25, -0.2) is 0 Å². The first-order chi connectivity index (χ1) is 7.51. The fourth-order valence-electron chi connectivity index (χ4n) is 1.67. The van der Waals surface area contributed by atoms with Crippen LogP contribution in [0.4, 0.5) is 0 Å². The van der Waals surface area contributed by atoms with Gasteiger partial charge in [0.1, 0.15) is 5.75 Å². The van der Waals surface area contributed by atoms with Gasteiger partial charge in [-0.1, -0.05) is 31.9 Å². The highest BCUT2D eigenvalue weighted by atomic mass is 79.9. The minimum atomic E-state index is -0.181. The average Bonchev–Trinajstić information content (AvgIpc) is 2.26. The third-order valence-electron chi connectivity index (χ3n) is 2.37. The van der Waals surface area contributed by atoms with Gasteiger partial charge in [-0.15, -0.1) is 0 Å². The smallest absolute Gasteiger partial charge is 0.177 e. The third-order valence-corrected chi connectivity index (χ3v) is 4.62. The molecule has 0 N–H and O–H groups in total. The zero-order chi connectivity index (χ0) is 12.3. The lowest BCUT2D eigenvalue weighted by molar-refractivity contribution is 0.0997. The molecule has 88 valence electrons. The molecule has 0 amide bonds. The number of methoxy groups -OCH3 is 1. The molecule has 0 bridgehead atoms. The molecule has 0 aliphatic heterocycles. The predicted molar refractivity (Wildman–Crippen MR) is 73.3 cm³/mol. The second-order valence-electron chi connectivity index (χ2n) is 3.63. The molecule has 0 spiro atoms. The number of carbonyl (C=O) groups excluding carboxylic acids is 1. The third kappa shape index (κ3) is 2.86. The first-order valence-corrected chi connectivity index (χ1v) is 6.94. The van der Waals surface area contributed by atoms with E-state index in [1.54, 1.807) is 7.11 Å². The highest BCUT2D eigenvalue weighted by Gasteiger charge is 2.17. The van der Waals surface area contributed by atoms with Crippen LogP contribution in [0.2, 0.25) is 0 Å². The summed E-state index contributed by atoms with van der Waals surface area (Å²) in [6.45, 7) is 3.89. The highest BCUT2D eigenvalue weighted by Crippen LogP contribution is 2.25. The van der Waals surface area contributed by atoms with Gasteiger partial charge in [0.2, 0.25) is 0 Å². The summed E-state index contributed by atoms with van der Waals surface area (Å²) in [7, 11) is 1.64. The van der Waals surface area contributed by atoms with Gasteiger partial charge in [0.05, 0.1) is 11.9 Å². The number of ketones is 1. The summed E-state index contributed by atoms with van der Waals surface area (Å²) in [4.78, 5) is 11.8. The summed E-state index contributed by atoms with van der Waals surface area (Å²) in [6.07, 6.45) is 0. The molecule has 0 aliphatic carbocycles. The van der Waals surface area contributed by atoms with Crippen LogP contribution in [0.3, 0.4) is 0 Å². The number of hydrogen-bond donors (Lipinski definition) is 0. The Kier molecular flexibility index (Phi) is 4.99. The van der Waals surface area contributed by atoms with Crippen LogP contribution in [0.5, 0.6) is 5.75 Å². The quantitative estimate of drug-likeness (QED) is 0.612. The maximum atomic E-state index is 12.0. The van der Waals surface area contributed by atoms with Crippen molar-refractivity contribution in [2.75, 3.05) is 12.4 Å². The zero-order valence-electron chi connectivity index (χ0n) is 9.51. The van der Waals surface area contributed by atoms with Crippen LogP contribution in [0.15, 0.2) is 12.1 Å². The normalized spacial score (nSPS) is 12.3. The first-order valence-electron chi connectivity index (χ1n) is 4.90. The molecule has 2 nitrogen and oxygen atoms in total. The van der Waals surface area contributed by atoms with Crippen molar-refractivity contribution in [2.45, 2.75) is 18.7 Å². The van der Waals surface area contributed by atoms with Gasteiger partial charge in [-0.2, -0.15) is 0 Å². The van der Waals surface area contributed by atoms with Gasteiger partial charge in [0, 0.05) is 10.9 Å². The molecule has 0 aromatic heterocycles. The van der Waals surface area contributed by atoms with E-state index in [4.69, 9.17) is 4.74 Å². The topological polar surface area (TPSA) is 26.3 Å². The highest BCUT2D eigenvalue weighted by molar-refractivity contribution is 9.12. The van der Waals surface area contributed by atoms with Crippen LogP contribution in [0, 0.1) is 13.8 Å². The SMILES string of the molecule is COc1c(C)cc(C(=O)C(Br)CBr)cc1C. The Labute approximate surface area is 113 Å². The van der Waals surface area contributed by atoms with Crippen molar-refractivity contribution in [3.05, 3.63) is 28.8 Å². The van der Waals surface area contributed by atoms with E-state index in [-0.39, 0.29) is 10.6 Å². The molecule has 16 heavy (non-hydrogen) atoms. The first kappa shape index (κ1) is 13.7. The van der Waals surface area contributed by atoms with E-state index in [9.17, 15) is 4.79 Å². The zero-order valence-corrected chi connectivity index (χ0v) is 12.7. The molecule has 1 rings (SSSR count). The van der Waals surface area contributed by atoms with E-state index >= 15 is 0 Å². The minimum Gasteiger partial charge on any atom is -0.496 e. The Bertz CT molecular complexity index is 379. The van der Waals surface area contributed by atoms with Crippen molar-refractivity contribution in [1.29, 1.82) is 0 Å². The fourth-order valence-corrected chi connectivity index (χ4v) is 2.22. The van der Waals surface area contributed by atoms with Crippen molar-refractivity contribution in [3.63, 3.8) is 0 Å². The Morgan fingerprint density at radius 3 is 2.25 bits per heavy atom. The van der Waals surface area contributed by atoms with Crippen LogP contribution >= 0.6 is 31.9 Å². The number of Topliss-reactive ketones (excluding diaryl/α,β-unsaturated/α-hetero) is 1. The molecular weight excluding hydrogens is 336 g/mol. The molecule has 0 aliphatic rings. The second-order valence-corrected chi connectivity index (χ2v) is 5.38. The summed E-state index contributed by atoms with van der Waals surface area (Å²) in [5.41, 5.74) is 2.69. The second kappa shape index (κ2) is 5.82. The number of hydrogen-bond acceptors (Lipinski definition) is 2. The molecule has 1 aromatic rings. The standard InChI is InChI=1S/C12H14Br2O2/c1-7-4-9(11(15)10(14)6-13)5-8(2)12(7)16-3/h4-5,10H,6H2,1-3H3. The van der Waals surface area contributed by atoms with Gasteiger partial charge >= 0.3 is 0 Å². The van der Waals surface area contributed by atoms with Crippen molar-refractivity contribution in [3.8, 4) is 5.75 Å². The summed E-state index contributed by atoms with van der Waals surface area (Å²) < 4.78 is 5.27. The summed E-state index contributed by atoms with van der Waals surface area (Å²) >= 11 is 6.62. The van der Waals surface area contributed by atoms with Crippen LogP contribution in [0.25, 0.3) is 0 Å². The molecule has 0 fully saturated rings. The average molecular weight is 350 g/mol. The van der Waals surface area contributed by atoms with Crippen LogP contribution in [-0.4, -0.2) is 23.1 Å². The van der Waals surface area contributed by atoms with Crippen molar-refractivity contribution in [1.82, 2.24) is 0 Å². The molecule has 0 saturated carbocycles. The monoisotopic (exact) mass is 348 g/mol. The van der Waals surface area contributed by atoms with Crippen molar-refractivity contribution in [2.24, 2.45) is 0 Å². The Balaban J connectivity index is 3.13. The summed E-state index contributed by atoms with van der Waals surface area (Å²) in [6, 6.07) is 3.73. The summed E-state index contributed by atoms with van der Waals surface area (Å²) in [5, 5.41) is 0.607. The number of rotatable bonds is 4. The number of carbonyl (C=O) groups is 1. The Morgan fingerprint density at radius 2 is 1.88 bits per heavy atom. The van der Waals surface area contributed by atoms with E-state index in [1.165, 1.54) is 0 Å². The van der Waals surface area contributed by atoms with Gasteiger partial charge in [0.25, 0.3) is 0 Å². The fraction of sp³-hybridized carbons (Fsp3) is 0.417. The molecule has 4 heteroatoms. The largest absolute Gasteiger partial charge is 0.496 e. The van der Waals surface area contributed by atoms with Crippen molar-refractivity contribution >= 4 is 37.6 Å². The number of aryl methyl sites for hydroxylation is 2. The van der Waals surface area contributed by atoms with E-state index < -0.39 is 0 Å². The van der Waals surface area contributed by atoms with Crippen LogP contribution in [0.1, 0.15) is 21.5 Å². The molecule has 1 unspecified atom stereocenters. The number of halogens is 2. The maximum Gasteiger partial charge on any atom is 0.177 e. The molecule has 0 saturated heterocycles. The number of alkyl halides is 2. The lowest BCUT2D eigenvalue weighted by atomic mass is 10.0. The van der Waals surface area contributed by atoms with Crippen LogP contribution in [-0.2, 0) is 0 Å². The lowest BCUT2D eigenvalue weighted by Crippen LogP contribution is -2.15. The van der Waals surface area contributed by atoms with Gasteiger partial charge in [-0.3, -0.25) is 4.79 Å². The lowest BCUT2D eigenvalue weighted by Gasteiger charge is -2.12. The van der Waals surface area contributed by atoms with Gasteiger partial charge in [0.15, 0.2) is 5.78 Å². The van der Waals surface area contributed by atoms with Gasteiger partial charge < -0.3 is 4.74 Å². The van der Waals surface area contributed by atoms with E-state index in [0.29, 0.717) is 5.33 Å². The molecule has 0 radical (unpaired) electrons. The molecule has 0 heterocycles. The molecular formula is C12H14Br2O2. The van der Waals surface area contributed by atoms with E-state index in [2.05, 4.69) is 31.9 Å². The Hall–Kier alpha value is -0.350.